The molecule has 39 heavy (non-hydrogen) atoms. The van der Waals surface area contributed by atoms with E-state index in [-0.39, 0.29) is 12.0 Å². The Morgan fingerprint density at radius 1 is 0.795 bits per heavy atom. The van der Waals surface area contributed by atoms with E-state index in [0.29, 0.717) is 57.5 Å². The van der Waals surface area contributed by atoms with Crippen LogP contribution >= 0.6 is 0 Å². The molecule has 1 fully saturated rings. The van der Waals surface area contributed by atoms with Crippen molar-refractivity contribution in [1.82, 2.24) is 15.3 Å². The smallest absolute Gasteiger partial charge is 0.251 e. The molecule has 1 aromatic heterocycles. The fraction of sp³-hybridized carbons (Fsp3) is 0.300. The highest BCUT2D eigenvalue weighted by Gasteiger charge is 2.20. The number of carbonyl (C=O) groups is 1. The van der Waals surface area contributed by atoms with Crippen molar-refractivity contribution in [3.8, 4) is 45.5 Å². The molecule has 1 aliphatic heterocycles. The molecule has 9 nitrogen and oxygen atoms in total. The third-order valence-electron chi connectivity index (χ3n) is 6.75. The first-order valence-electron chi connectivity index (χ1n) is 12.7. The summed E-state index contributed by atoms with van der Waals surface area (Å²) in [4.78, 5) is 22.9. The van der Waals surface area contributed by atoms with Gasteiger partial charge in [0.15, 0.2) is 23.0 Å². The summed E-state index contributed by atoms with van der Waals surface area (Å²) >= 11 is 0. The minimum absolute atomic E-state index is 0.0647. The number of methoxy groups -OCH3 is 4. The maximum Gasteiger partial charge on any atom is 0.251 e. The first-order valence-corrected chi connectivity index (χ1v) is 12.7. The normalized spacial score (nSPS) is 14.7. The maximum absolute atomic E-state index is 12.9. The summed E-state index contributed by atoms with van der Waals surface area (Å²) in [5, 5.41) is 2.97. The highest BCUT2D eigenvalue weighted by molar-refractivity contribution is 5.98. The predicted octanol–water partition coefficient (Wildman–Crippen LogP) is 4.91. The third kappa shape index (κ3) is 5.44. The van der Waals surface area contributed by atoms with Crippen molar-refractivity contribution >= 4 is 16.9 Å². The van der Waals surface area contributed by atoms with Gasteiger partial charge in [-0.1, -0.05) is 0 Å². The molecule has 0 bridgehead atoms. The monoisotopic (exact) mass is 529 g/mol. The fourth-order valence-corrected chi connectivity index (χ4v) is 4.68. The van der Waals surface area contributed by atoms with Gasteiger partial charge in [0.25, 0.3) is 5.91 Å². The van der Waals surface area contributed by atoms with E-state index in [1.165, 1.54) is 0 Å². The molecule has 2 heterocycles. The van der Waals surface area contributed by atoms with Gasteiger partial charge >= 0.3 is 0 Å². The third-order valence-corrected chi connectivity index (χ3v) is 6.75. The van der Waals surface area contributed by atoms with Crippen LogP contribution in [0.25, 0.3) is 33.5 Å². The lowest BCUT2D eigenvalue weighted by Gasteiger charge is -2.15. The molecule has 1 N–H and O–H groups in total. The number of hydrogen-bond donors (Lipinski definition) is 1. The van der Waals surface area contributed by atoms with E-state index in [1.54, 1.807) is 40.6 Å². The van der Waals surface area contributed by atoms with Crippen LogP contribution in [0.3, 0.4) is 0 Å². The lowest BCUT2D eigenvalue weighted by atomic mass is 10.0. The molecular weight excluding hydrogens is 498 g/mol. The van der Waals surface area contributed by atoms with Crippen LogP contribution in [0.15, 0.2) is 54.6 Å². The van der Waals surface area contributed by atoms with Gasteiger partial charge in [0.2, 0.25) is 0 Å². The number of rotatable bonds is 9. The Morgan fingerprint density at radius 2 is 1.38 bits per heavy atom. The number of benzene rings is 3. The largest absolute Gasteiger partial charge is 0.493 e. The second-order valence-corrected chi connectivity index (χ2v) is 9.11. The highest BCUT2D eigenvalue weighted by atomic mass is 16.5. The van der Waals surface area contributed by atoms with Crippen LogP contribution in [0.4, 0.5) is 0 Å². The minimum atomic E-state index is -0.175. The van der Waals surface area contributed by atoms with Crippen molar-refractivity contribution in [3.05, 3.63) is 60.2 Å². The predicted molar refractivity (Wildman–Crippen MR) is 148 cm³/mol. The van der Waals surface area contributed by atoms with Crippen LogP contribution in [-0.4, -0.2) is 63.6 Å². The number of nitrogens with one attached hydrogen (secondary N) is 1. The molecule has 0 unspecified atom stereocenters. The minimum Gasteiger partial charge on any atom is -0.493 e. The van der Waals surface area contributed by atoms with Crippen molar-refractivity contribution < 1.29 is 28.5 Å². The molecule has 1 atom stereocenters. The number of nitrogens with zero attached hydrogens (tertiary/aromatic N) is 2. The van der Waals surface area contributed by atoms with Gasteiger partial charge in [0.1, 0.15) is 0 Å². The highest BCUT2D eigenvalue weighted by Crippen LogP contribution is 2.39. The lowest BCUT2D eigenvalue weighted by molar-refractivity contribution is 0.0858. The van der Waals surface area contributed by atoms with Crippen molar-refractivity contribution in [2.24, 2.45) is 0 Å². The van der Waals surface area contributed by atoms with Gasteiger partial charge < -0.3 is 29.0 Å². The molecule has 3 aromatic carbocycles. The second-order valence-electron chi connectivity index (χ2n) is 9.11. The lowest BCUT2D eigenvalue weighted by Crippen LogP contribution is -2.31. The van der Waals surface area contributed by atoms with Crippen LogP contribution in [0.2, 0.25) is 0 Å². The Kier molecular flexibility index (Phi) is 7.79. The molecule has 1 saturated heterocycles. The van der Waals surface area contributed by atoms with Crippen LogP contribution in [0.5, 0.6) is 23.0 Å². The Morgan fingerprint density at radius 3 is 1.92 bits per heavy atom. The summed E-state index contributed by atoms with van der Waals surface area (Å²) in [6.07, 6.45) is 2.04. The standard InChI is InChI=1S/C30H31N3O6/c1-35-24-11-8-18(15-26(24)37-3)28-29(19-9-12-25(36-2)27(16-19)38-4)33-23-14-20(7-10-22(23)32-28)30(34)31-17-21-6-5-13-39-21/h7-12,14-16,21H,5-6,13,17H2,1-4H3,(H,31,34)/t21-/m1/s1. The van der Waals surface area contributed by atoms with Gasteiger partial charge in [-0.3, -0.25) is 4.79 Å². The van der Waals surface area contributed by atoms with Crippen molar-refractivity contribution in [1.29, 1.82) is 0 Å². The van der Waals surface area contributed by atoms with E-state index < -0.39 is 0 Å². The molecule has 1 amide bonds. The van der Waals surface area contributed by atoms with E-state index in [4.69, 9.17) is 33.7 Å². The zero-order chi connectivity index (χ0) is 27.4. The number of amides is 1. The number of carbonyl (C=O) groups excluding carboxylic acids is 1. The van der Waals surface area contributed by atoms with Crippen LogP contribution in [0.1, 0.15) is 23.2 Å². The Bertz CT molecular complexity index is 1500. The first-order chi connectivity index (χ1) is 19.0. The molecule has 0 saturated carbocycles. The molecular formula is C30H31N3O6. The zero-order valence-corrected chi connectivity index (χ0v) is 22.4. The van der Waals surface area contributed by atoms with Crippen LogP contribution in [-0.2, 0) is 4.74 Å². The summed E-state index contributed by atoms with van der Waals surface area (Å²) < 4.78 is 27.5. The molecule has 0 radical (unpaired) electrons. The first kappa shape index (κ1) is 26.2. The van der Waals surface area contributed by atoms with Gasteiger partial charge in [-0.15, -0.1) is 0 Å². The van der Waals surface area contributed by atoms with E-state index >= 15 is 0 Å². The van der Waals surface area contributed by atoms with Gasteiger partial charge in [-0.25, -0.2) is 9.97 Å². The van der Waals surface area contributed by atoms with Crippen LogP contribution in [0, 0.1) is 0 Å². The Labute approximate surface area is 227 Å². The number of aromatic nitrogens is 2. The second kappa shape index (κ2) is 11.6. The van der Waals surface area contributed by atoms with E-state index in [2.05, 4.69) is 5.32 Å². The average Bonchev–Trinajstić information content (AvgIpc) is 3.52. The van der Waals surface area contributed by atoms with E-state index in [1.807, 2.05) is 42.5 Å². The number of ether oxygens (including phenoxy) is 5. The quantitative estimate of drug-likeness (QED) is 0.327. The Hall–Kier alpha value is -4.37. The summed E-state index contributed by atoms with van der Waals surface area (Å²) in [7, 11) is 6.36. The molecule has 0 spiro atoms. The molecule has 1 aliphatic rings. The van der Waals surface area contributed by atoms with E-state index in [9.17, 15) is 4.79 Å². The van der Waals surface area contributed by atoms with Crippen LogP contribution < -0.4 is 24.3 Å². The summed E-state index contributed by atoms with van der Waals surface area (Å²) in [5.41, 5.74) is 4.59. The van der Waals surface area contributed by atoms with Crippen molar-refractivity contribution in [2.45, 2.75) is 18.9 Å². The summed E-state index contributed by atoms with van der Waals surface area (Å²) in [5.74, 6) is 2.19. The maximum atomic E-state index is 12.9. The topological polar surface area (TPSA) is 101 Å². The SMILES string of the molecule is COc1ccc(-c2nc3ccc(C(=O)NC[C@H]4CCCO4)cc3nc2-c2ccc(OC)c(OC)c2)cc1OC. The van der Waals surface area contributed by atoms with Gasteiger partial charge in [0.05, 0.1) is 57.0 Å². The van der Waals surface area contributed by atoms with Gasteiger partial charge in [-0.05, 0) is 67.4 Å². The van der Waals surface area contributed by atoms with Gasteiger partial charge in [0, 0.05) is 29.8 Å². The summed E-state index contributed by atoms with van der Waals surface area (Å²) in [6.45, 7) is 1.23. The van der Waals surface area contributed by atoms with Gasteiger partial charge in [-0.2, -0.15) is 0 Å². The fourth-order valence-electron chi connectivity index (χ4n) is 4.68. The van der Waals surface area contributed by atoms with E-state index in [0.717, 1.165) is 30.6 Å². The average molecular weight is 530 g/mol. The zero-order valence-electron chi connectivity index (χ0n) is 22.4. The Balaban J connectivity index is 1.61. The molecule has 5 rings (SSSR count). The number of hydrogen-bond acceptors (Lipinski definition) is 8. The van der Waals surface area contributed by atoms with Crippen molar-refractivity contribution in [2.75, 3.05) is 41.6 Å². The van der Waals surface area contributed by atoms with Crippen molar-refractivity contribution in [3.63, 3.8) is 0 Å². The molecule has 202 valence electrons. The molecule has 4 aromatic rings. The summed E-state index contributed by atoms with van der Waals surface area (Å²) in [6, 6.07) is 16.5. The molecule has 0 aliphatic carbocycles. The molecule has 9 heteroatoms. The number of fused-ring (bicyclic) bond motifs is 1.